The second-order valence-corrected chi connectivity index (χ2v) is 3.75. The molecule has 1 rings (SSSR count). The molecular formula is C7H15NO3. The second kappa shape index (κ2) is 2.42. The van der Waals surface area contributed by atoms with Crippen LogP contribution in [-0.4, -0.2) is 39.9 Å². The van der Waals surface area contributed by atoms with E-state index < -0.39 is 11.3 Å². The van der Waals surface area contributed by atoms with Crippen molar-refractivity contribution >= 4 is 0 Å². The van der Waals surface area contributed by atoms with E-state index in [4.69, 9.17) is 9.84 Å². The number of aliphatic hydroxyl groups excluding tert-OH is 1. The quantitative estimate of drug-likeness (QED) is 0.576. The van der Waals surface area contributed by atoms with Crippen molar-refractivity contribution in [3.8, 4) is 0 Å². The number of ether oxygens (including phenoxy) is 1. The largest absolute Gasteiger partial charge is 0.392 e. The number of aliphatic hydroxyl groups is 1. The van der Waals surface area contributed by atoms with E-state index in [1.807, 2.05) is 13.8 Å². The van der Waals surface area contributed by atoms with E-state index >= 15 is 0 Å². The Kier molecular flexibility index (Phi) is 1.96. The van der Waals surface area contributed by atoms with Gasteiger partial charge in [-0.2, -0.15) is 5.06 Å². The summed E-state index contributed by atoms with van der Waals surface area (Å²) >= 11 is 0. The highest BCUT2D eigenvalue weighted by atomic mass is 16.6. The predicted octanol–water partition coefficient (Wildman–Crippen LogP) is 0.195. The highest BCUT2D eigenvalue weighted by Gasteiger charge is 2.48. The number of hydroxylamine groups is 2. The first-order valence-corrected chi connectivity index (χ1v) is 3.66. The van der Waals surface area contributed by atoms with Gasteiger partial charge in [-0.15, -0.1) is 0 Å². The minimum Gasteiger partial charge on any atom is -0.392 e. The summed E-state index contributed by atoms with van der Waals surface area (Å²) in [6, 6.07) is 0. The first-order valence-electron chi connectivity index (χ1n) is 3.66. The maximum absolute atomic E-state index is 9.52. The van der Waals surface area contributed by atoms with Crippen molar-refractivity contribution < 1.29 is 15.1 Å². The summed E-state index contributed by atoms with van der Waals surface area (Å²) in [5.41, 5.74) is -1.33. The van der Waals surface area contributed by atoms with Crippen LogP contribution in [0.5, 0.6) is 0 Å². The topological polar surface area (TPSA) is 52.9 Å². The maximum Gasteiger partial charge on any atom is 0.164 e. The van der Waals surface area contributed by atoms with Crippen molar-refractivity contribution in [2.45, 2.75) is 32.0 Å². The average Bonchev–Trinajstić information content (AvgIpc) is 2.16. The molecule has 1 atom stereocenters. The van der Waals surface area contributed by atoms with E-state index in [1.165, 1.54) is 0 Å². The summed E-state index contributed by atoms with van der Waals surface area (Å²) in [6.45, 7) is 5.59. The van der Waals surface area contributed by atoms with Crippen molar-refractivity contribution in [1.29, 1.82) is 0 Å². The van der Waals surface area contributed by atoms with Crippen molar-refractivity contribution in [3.05, 3.63) is 0 Å². The van der Waals surface area contributed by atoms with Crippen LogP contribution in [0.25, 0.3) is 0 Å². The molecular weight excluding hydrogens is 146 g/mol. The highest BCUT2D eigenvalue weighted by Crippen LogP contribution is 2.31. The minimum absolute atomic E-state index is 0.201. The van der Waals surface area contributed by atoms with Gasteiger partial charge in [0.05, 0.1) is 18.8 Å². The van der Waals surface area contributed by atoms with Crippen LogP contribution in [0.15, 0.2) is 0 Å². The van der Waals surface area contributed by atoms with Crippen LogP contribution in [0.4, 0.5) is 0 Å². The van der Waals surface area contributed by atoms with E-state index in [9.17, 15) is 5.21 Å². The van der Waals surface area contributed by atoms with Gasteiger partial charge in [0.1, 0.15) is 0 Å². The van der Waals surface area contributed by atoms with Gasteiger partial charge in [-0.05, 0) is 20.8 Å². The Hall–Kier alpha value is -0.160. The molecule has 1 fully saturated rings. The summed E-state index contributed by atoms with van der Waals surface area (Å²) in [4.78, 5) is 0. The van der Waals surface area contributed by atoms with Crippen LogP contribution < -0.4 is 0 Å². The molecule has 4 nitrogen and oxygen atoms in total. The Morgan fingerprint density at radius 2 is 2.00 bits per heavy atom. The normalized spacial score (nSPS) is 37.9. The number of hydrogen-bond donors (Lipinski definition) is 2. The molecule has 1 aliphatic rings. The van der Waals surface area contributed by atoms with Gasteiger partial charge in [-0.3, -0.25) is 0 Å². The van der Waals surface area contributed by atoms with Gasteiger partial charge in [-0.25, -0.2) is 0 Å². The van der Waals surface area contributed by atoms with Gasteiger partial charge in [-0.1, -0.05) is 0 Å². The van der Waals surface area contributed by atoms with E-state index in [-0.39, 0.29) is 6.61 Å². The number of rotatable bonds is 1. The van der Waals surface area contributed by atoms with Crippen molar-refractivity contribution in [2.24, 2.45) is 0 Å². The third-order valence-corrected chi connectivity index (χ3v) is 2.05. The first kappa shape index (κ1) is 8.93. The summed E-state index contributed by atoms with van der Waals surface area (Å²) in [5.74, 6) is 0. The molecule has 0 radical (unpaired) electrons. The Labute approximate surface area is 66.3 Å². The maximum atomic E-state index is 9.52. The predicted molar refractivity (Wildman–Crippen MR) is 39.1 cm³/mol. The summed E-state index contributed by atoms with van der Waals surface area (Å²) in [5, 5.41) is 19.5. The highest BCUT2D eigenvalue weighted by molar-refractivity contribution is 4.90. The van der Waals surface area contributed by atoms with Crippen LogP contribution in [-0.2, 0) is 4.74 Å². The molecule has 0 aromatic heterocycles. The standard InChI is InChI=1S/C7H15NO3/c1-6(2)5-11-7(3,4-9)8(6)10/h9-10H,4-5H2,1-3H3. The number of hydrogen-bond acceptors (Lipinski definition) is 4. The fourth-order valence-electron chi connectivity index (χ4n) is 1.21. The van der Waals surface area contributed by atoms with Gasteiger partial charge in [0, 0.05) is 0 Å². The summed E-state index contributed by atoms with van der Waals surface area (Å²) in [7, 11) is 0. The Morgan fingerprint density at radius 1 is 1.45 bits per heavy atom. The van der Waals surface area contributed by atoms with E-state index in [1.54, 1.807) is 6.92 Å². The Balaban J connectivity index is 2.78. The molecule has 66 valence electrons. The van der Waals surface area contributed by atoms with Gasteiger partial charge in [0.2, 0.25) is 0 Å². The third-order valence-electron chi connectivity index (χ3n) is 2.05. The molecule has 1 aliphatic heterocycles. The molecule has 1 heterocycles. The molecule has 2 N–H and O–H groups in total. The summed E-state index contributed by atoms with van der Waals surface area (Å²) < 4.78 is 5.24. The lowest BCUT2D eigenvalue weighted by Crippen LogP contribution is -2.50. The fraction of sp³-hybridized carbons (Fsp3) is 1.00. The molecule has 0 aliphatic carbocycles. The smallest absolute Gasteiger partial charge is 0.164 e. The van der Waals surface area contributed by atoms with E-state index in [0.29, 0.717) is 6.61 Å². The van der Waals surface area contributed by atoms with Crippen LogP contribution in [0, 0.1) is 0 Å². The molecule has 4 heteroatoms. The lowest BCUT2D eigenvalue weighted by atomic mass is 10.1. The zero-order valence-electron chi connectivity index (χ0n) is 7.16. The monoisotopic (exact) mass is 161 g/mol. The second-order valence-electron chi connectivity index (χ2n) is 3.75. The molecule has 11 heavy (non-hydrogen) atoms. The zero-order valence-corrected chi connectivity index (χ0v) is 7.16. The van der Waals surface area contributed by atoms with Gasteiger partial charge in [0.15, 0.2) is 5.72 Å². The molecule has 1 saturated heterocycles. The third kappa shape index (κ3) is 1.27. The molecule has 1 unspecified atom stereocenters. The van der Waals surface area contributed by atoms with Crippen molar-refractivity contribution in [3.63, 3.8) is 0 Å². The molecule has 0 spiro atoms. The van der Waals surface area contributed by atoms with E-state index in [2.05, 4.69) is 0 Å². The van der Waals surface area contributed by atoms with Gasteiger partial charge >= 0.3 is 0 Å². The molecule has 0 bridgehead atoms. The average molecular weight is 161 g/mol. The first-order chi connectivity index (χ1) is 4.92. The lowest BCUT2D eigenvalue weighted by Gasteiger charge is -2.32. The van der Waals surface area contributed by atoms with Crippen LogP contribution in [0.2, 0.25) is 0 Å². The van der Waals surface area contributed by atoms with Crippen LogP contribution >= 0.6 is 0 Å². The molecule has 0 aromatic rings. The fourth-order valence-corrected chi connectivity index (χ4v) is 1.21. The Morgan fingerprint density at radius 3 is 2.18 bits per heavy atom. The Bertz CT molecular complexity index is 160. The van der Waals surface area contributed by atoms with Crippen LogP contribution in [0.1, 0.15) is 20.8 Å². The lowest BCUT2D eigenvalue weighted by molar-refractivity contribution is -0.253. The zero-order chi connectivity index (χ0) is 8.70. The van der Waals surface area contributed by atoms with Crippen molar-refractivity contribution in [2.75, 3.05) is 13.2 Å². The van der Waals surface area contributed by atoms with Crippen molar-refractivity contribution in [1.82, 2.24) is 5.06 Å². The molecule has 0 amide bonds. The van der Waals surface area contributed by atoms with E-state index in [0.717, 1.165) is 5.06 Å². The SMILES string of the molecule is CC1(C)COC(C)(CO)N1O. The van der Waals surface area contributed by atoms with Crippen LogP contribution in [0.3, 0.4) is 0 Å². The van der Waals surface area contributed by atoms with Gasteiger partial charge < -0.3 is 15.1 Å². The minimum atomic E-state index is -0.927. The molecule has 0 aromatic carbocycles. The van der Waals surface area contributed by atoms with Gasteiger partial charge in [0.25, 0.3) is 0 Å². The number of nitrogens with zero attached hydrogens (tertiary/aromatic N) is 1. The molecule has 0 saturated carbocycles. The summed E-state index contributed by atoms with van der Waals surface area (Å²) in [6.07, 6.45) is 0.